The number of aromatic nitrogens is 1. The molecule has 0 aliphatic carbocycles. The van der Waals surface area contributed by atoms with Crippen LogP contribution in [-0.2, 0) is 12.8 Å². The molecule has 0 aliphatic heterocycles. The summed E-state index contributed by atoms with van der Waals surface area (Å²) in [6, 6.07) is 11.0. The largest absolute Gasteiger partial charge is 0.246 e. The average Bonchev–Trinajstić information content (AvgIpc) is 3.28. The summed E-state index contributed by atoms with van der Waals surface area (Å²) in [5, 5.41) is 4.57. The van der Waals surface area contributed by atoms with E-state index in [-0.39, 0.29) is 0 Å². The Morgan fingerprint density at radius 1 is 0.792 bits per heavy atom. The van der Waals surface area contributed by atoms with Crippen LogP contribution in [-0.4, -0.2) is 4.98 Å². The number of unbranched alkanes of at least 4 members (excludes halogenated alkanes) is 2. The predicted molar refractivity (Wildman–Crippen MR) is 108 cm³/mol. The summed E-state index contributed by atoms with van der Waals surface area (Å²) in [5.41, 5.74) is 5.09. The highest BCUT2D eigenvalue weighted by molar-refractivity contribution is 7.14. The lowest BCUT2D eigenvalue weighted by Gasteiger charge is -2.01. The normalized spacial score (nSPS) is 11.1. The fourth-order valence-electron chi connectivity index (χ4n) is 2.75. The first-order valence-corrected chi connectivity index (χ1v) is 10.7. The van der Waals surface area contributed by atoms with Crippen LogP contribution in [0.1, 0.15) is 50.7 Å². The molecule has 126 valence electrons. The van der Waals surface area contributed by atoms with Crippen molar-refractivity contribution in [2.45, 2.75) is 52.4 Å². The van der Waals surface area contributed by atoms with Gasteiger partial charge in [-0.25, -0.2) is 4.98 Å². The molecule has 0 N–H and O–H groups in total. The minimum absolute atomic E-state index is 1.10. The molecule has 0 unspecified atom stereocenters. The summed E-state index contributed by atoms with van der Waals surface area (Å²) in [4.78, 5) is 7.49. The van der Waals surface area contributed by atoms with Gasteiger partial charge in [-0.05, 0) is 71.8 Å². The number of hydrogen-bond donors (Lipinski definition) is 0. The number of rotatable bonds is 8. The van der Waals surface area contributed by atoms with Gasteiger partial charge in [-0.1, -0.05) is 32.8 Å². The van der Waals surface area contributed by atoms with Crippen molar-refractivity contribution in [1.29, 1.82) is 0 Å². The molecule has 3 heterocycles. The highest BCUT2D eigenvalue weighted by Crippen LogP contribution is 2.31. The number of nitrogens with zero attached hydrogens (tertiary/aromatic N) is 1. The van der Waals surface area contributed by atoms with Crippen LogP contribution in [0.4, 0.5) is 0 Å². The zero-order chi connectivity index (χ0) is 16.8. The van der Waals surface area contributed by atoms with Crippen LogP contribution in [0.2, 0.25) is 0 Å². The first-order chi connectivity index (χ1) is 11.8. The fourth-order valence-corrected chi connectivity index (χ4v) is 4.59. The van der Waals surface area contributed by atoms with Gasteiger partial charge in [-0.15, -0.1) is 22.7 Å². The Bertz CT molecular complexity index is 708. The van der Waals surface area contributed by atoms with E-state index < -0.39 is 0 Å². The molecule has 0 aliphatic rings. The van der Waals surface area contributed by atoms with E-state index in [0.29, 0.717) is 0 Å². The van der Waals surface area contributed by atoms with E-state index in [1.807, 2.05) is 22.7 Å². The summed E-state index contributed by atoms with van der Waals surface area (Å²) in [6.45, 7) is 4.49. The summed E-state index contributed by atoms with van der Waals surface area (Å²) < 4.78 is 0. The molecule has 0 fully saturated rings. The van der Waals surface area contributed by atoms with Crippen molar-refractivity contribution in [2.75, 3.05) is 0 Å². The van der Waals surface area contributed by atoms with Gasteiger partial charge in [0.2, 0.25) is 0 Å². The molecule has 3 aromatic heterocycles. The minimum atomic E-state index is 1.10. The van der Waals surface area contributed by atoms with Gasteiger partial charge in [0.15, 0.2) is 0 Å². The van der Waals surface area contributed by atoms with E-state index in [4.69, 9.17) is 4.98 Å². The maximum atomic E-state index is 4.92. The van der Waals surface area contributed by atoms with Crippen molar-refractivity contribution in [3.05, 3.63) is 52.2 Å². The van der Waals surface area contributed by atoms with Crippen molar-refractivity contribution < 1.29 is 0 Å². The van der Waals surface area contributed by atoms with E-state index in [1.165, 1.54) is 59.4 Å². The Balaban J connectivity index is 1.78. The van der Waals surface area contributed by atoms with Gasteiger partial charge in [0.05, 0.1) is 21.1 Å². The molecular weight excluding hydrogens is 330 g/mol. The van der Waals surface area contributed by atoms with Crippen LogP contribution in [0.3, 0.4) is 0 Å². The quantitative estimate of drug-likeness (QED) is 0.415. The van der Waals surface area contributed by atoms with E-state index in [0.717, 1.165) is 11.4 Å². The highest BCUT2D eigenvalue weighted by Gasteiger charge is 2.08. The second-order valence-corrected chi connectivity index (χ2v) is 8.08. The lowest BCUT2D eigenvalue weighted by Crippen LogP contribution is -1.85. The number of pyridine rings is 1. The van der Waals surface area contributed by atoms with E-state index >= 15 is 0 Å². The van der Waals surface area contributed by atoms with Crippen LogP contribution < -0.4 is 0 Å². The van der Waals surface area contributed by atoms with Crippen LogP contribution >= 0.6 is 22.7 Å². The second-order valence-electron chi connectivity index (χ2n) is 6.25. The van der Waals surface area contributed by atoms with Gasteiger partial charge in [-0.2, -0.15) is 0 Å². The lowest BCUT2D eigenvalue weighted by atomic mass is 10.1. The monoisotopic (exact) mass is 355 g/mol. The third-order valence-electron chi connectivity index (χ3n) is 4.20. The first kappa shape index (κ1) is 17.4. The van der Waals surface area contributed by atoms with Crippen LogP contribution in [0, 0.1) is 0 Å². The molecule has 0 saturated heterocycles. The smallest absolute Gasteiger partial charge is 0.0809 e. The van der Waals surface area contributed by atoms with E-state index in [9.17, 15) is 0 Å². The Morgan fingerprint density at radius 3 is 1.75 bits per heavy atom. The molecule has 0 amide bonds. The number of aryl methyl sites for hydroxylation is 2. The molecule has 0 atom stereocenters. The molecule has 3 heteroatoms. The molecule has 0 spiro atoms. The Labute approximate surface area is 153 Å². The lowest BCUT2D eigenvalue weighted by molar-refractivity contribution is 0.797. The minimum Gasteiger partial charge on any atom is -0.246 e. The third kappa shape index (κ3) is 4.34. The summed E-state index contributed by atoms with van der Waals surface area (Å²) in [7, 11) is 0. The zero-order valence-electron chi connectivity index (χ0n) is 14.5. The molecule has 0 saturated carbocycles. The van der Waals surface area contributed by atoms with E-state index in [2.05, 4.69) is 54.9 Å². The molecule has 3 rings (SSSR count). The summed E-state index contributed by atoms with van der Waals surface area (Å²) in [5.74, 6) is 0. The van der Waals surface area contributed by atoms with Crippen LogP contribution in [0.25, 0.3) is 21.1 Å². The van der Waals surface area contributed by atoms with Crippen LogP contribution in [0.15, 0.2) is 41.1 Å². The molecule has 0 aromatic carbocycles. The molecule has 24 heavy (non-hydrogen) atoms. The Morgan fingerprint density at radius 2 is 1.29 bits per heavy atom. The highest BCUT2D eigenvalue weighted by atomic mass is 32.1. The summed E-state index contributed by atoms with van der Waals surface area (Å²) >= 11 is 3.63. The SMILES string of the molecule is CCCCc1csc(-c2cccc(-c3cc(CCCC)cs3)n2)c1. The summed E-state index contributed by atoms with van der Waals surface area (Å²) in [6.07, 6.45) is 7.38. The maximum Gasteiger partial charge on any atom is 0.0809 e. The molecule has 1 nitrogen and oxygen atoms in total. The van der Waals surface area contributed by atoms with Crippen LogP contribution in [0.5, 0.6) is 0 Å². The maximum absolute atomic E-state index is 4.92. The third-order valence-corrected chi connectivity index (χ3v) is 6.20. The van der Waals surface area contributed by atoms with Crippen molar-refractivity contribution in [3.8, 4) is 21.1 Å². The second kappa shape index (κ2) is 8.59. The topological polar surface area (TPSA) is 12.9 Å². The van der Waals surface area contributed by atoms with Gasteiger partial charge < -0.3 is 0 Å². The molecule has 0 radical (unpaired) electrons. The van der Waals surface area contributed by atoms with Crippen molar-refractivity contribution in [1.82, 2.24) is 4.98 Å². The van der Waals surface area contributed by atoms with Gasteiger partial charge in [0.25, 0.3) is 0 Å². The molecular formula is C21H25NS2. The fraction of sp³-hybridized carbons (Fsp3) is 0.381. The van der Waals surface area contributed by atoms with Gasteiger partial charge >= 0.3 is 0 Å². The Kier molecular flexibility index (Phi) is 6.22. The van der Waals surface area contributed by atoms with Gasteiger partial charge in [0, 0.05) is 0 Å². The standard InChI is InChI=1S/C21H25NS2/c1-3-5-8-16-12-20(23-14-16)18-10-7-11-19(22-18)21-13-17(15-24-21)9-6-4-2/h7,10-15H,3-6,8-9H2,1-2H3. The predicted octanol–water partition coefficient (Wildman–Crippen LogP) is 7.22. The van der Waals surface area contributed by atoms with Crippen molar-refractivity contribution in [3.63, 3.8) is 0 Å². The van der Waals surface area contributed by atoms with E-state index in [1.54, 1.807) is 0 Å². The Hall–Kier alpha value is -1.45. The van der Waals surface area contributed by atoms with Crippen molar-refractivity contribution >= 4 is 22.7 Å². The van der Waals surface area contributed by atoms with Gasteiger partial charge in [0.1, 0.15) is 0 Å². The first-order valence-electron chi connectivity index (χ1n) is 8.92. The number of hydrogen-bond acceptors (Lipinski definition) is 3. The number of thiophene rings is 2. The zero-order valence-corrected chi connectivity index (χ0v) is 16.2. The molecule has 0 bridgehead atoms. The van der Waals surface area contributed by atoms with Gasteiger partial charge in [-0.3, -0.25) is 0 Å². The molecule has 3 aromatic rings. The average molecular weight is 356 g/mol. The van der Waals surface area contributed by atoms with Crippen molar-refractivity contribution in [2.24, 2.45) is 0 Å².